The van der Waals surface area contributed by atoms with Gasteiger partial charge in [0.25, 0.3) is 0 Å². The lowest BCUT2D eigenvalue weighted by molar-refractivity contribution is -0.151. The minimum Gasteiger partial charge on any atom is -0.481 e. The molecule has 0 aromatic heterocycles. The van der Waals surface area contributed by atoms with E-state index in [4.69, 9.17) is 5.11 Å². The first-order valence-electron chi connectivity index (χ1n) is 12.3. The Hall–Kier alpha value is -3.02. The molecule has 6 heteroatoms. The third kappa shape index (κ3) is 7.79. The molecule has 0 fully saturated rings. The molecule has 0 saturated heterocycles. The number of nitrogens with zero attached hydrogens (tertiary/aromatic N) is 2. The fourth-order valence-electron chi connectivity index (χ4n) is 4.56. The van der Waals surface area contributed by atoms with E-state index in [9.17, 15) is 14.7 Å². The van der Waals surface area contributed by atoms with Crippen LogP contribution in [0.5, 0.6) is 0 Å². The Morgan fingerprint density at radius 3 is 1.62 bits per heavy atom. The molecule has 6 nitrogen and oxygen atoms in total. The van der Waals surface area contributed by atoms with Crippen LogP contribution in [0.4, 0.5) is 11.4 Å². The number of rotatable bonds is 15. The van der Waals surface area contributed by atoms with E-state index < -0.39 is 17.4 Å². The highest BCUT2D eigenvalue weighted by Crippen LogP contribution is 2.35. The summed E-state index contributed by atoms with van der Waals surface area (Å²) in [6, 6.07) is 16.5. The van der Waals surface area contributed by atoms with E-state index in [1.54, 1.807) is 0 Å². The molecule has 0 saturated carbocycles. The van der Waals surface area contributed by atoms with Crippen LogP contribution in [0.1, 0.15) is 57.1 Å². The number of carboxylic acids is 2. The van der Waals surface area contributed by atoms with Crippen LogP contribution in [0.3, 0.4) is 0 Å². The molecule has 34 heavy (non-hydrogen) atoms. The molecule has 0 spiro atoms. The molecule has 0 radical (unpaired) electrons. The maximum atomic E-state index is 12.7. The first kappa shape index (κ1) is 27.2. The van der Waals surface area contributed by atoms with E-state index in [0.29, 0.717) is 38.8 Å². The molecule has 2 aromatic carbocycles. The number of hydrogen-bond acceptors (Lipinski definition) is 4. The first-order chi connectivity index (χ1) is 16.2. The molecule has 0 unspecified atom stereocenters. The van der Waals surface area contributed by atoms with Crippen molar-refractivity contribution in [3.63, 3.8) is 0 Å². The molecule has 0 aliphatic heterocycles. The standard InChI is InChI=1S/C28H40N2O4/c1-5-29(24-12-7-10-22(3)20-24)18-16-28(27(33)34,15-9-14-26(31)32)17-19-30(6-2)25-13-8-11-23(4)21-25/h7-8,10-13,20-21H,5-6,9,14-19H2,1-4H3,(H,31,32)(H,33,34). The molecule has 0 aliphatic carbocycles. The van der Waals surface area contributed by atoms with E-state index in [0.717, 1.165) is 24.5 Å². The topological polar surface area (TPSA) is 81.1 Å². The van der Waals surface area contributed by atoms with Gasteiger partial charge >= 0.3 is 11.9 Å². The monoisotopic (exact) mass is 468 g/mol. The predicted octanol–water partition coefficient (Wildman–Crippen LogP) is 5.76. The van der Waals surface area contributed by atoms with Gasteiger partial charge < -0.3 is 20.0 Å². The summed E-state index contributed by atoms with van der Waals surface area (Å²) in [4.78, 5) is 28.3. The lowest BCUT2D eigenvalue weighted by atomic mass is 9.76. The van der Waals surface area contributed by atoms with E-state index in [1.165, 1.54) is 11.1 Å². The summed E-state index contributed by atoms with van der Waals surface area (Å²) in [5.41, 5.74) is 3.52. The molecule has 0 atom stereocenters. The zero-order valence-electron chi connectivity index (χ0n) is 21.1. The lowest BCUT2D eigenvalue weighted by Crippen LogP contribution is -2.40. The Labute approximate surface area is 204 Å². The zero-order chi connectivity index (χ0) is 25.1. The molecule has 0 aliphatic rings. The maximum Gasteiger partial charge on any atom is 0.309 e. The normalized spacial score (nSPS) is 11.3. The largest absolute Gasteiger partial charge is 0.481 e. The van der Waals surface area contributed by atoms with Gasteiger partial charge in [-0.15, -0.1) is 0 Å². The van der Waals surface area contributed by atoms with Crippen molar-refractivity contribution in [1.82, 2.24) is 0 Å². The van der Waals surface area contributed by atoms with Crippen LogP contribution in [0.25, 0.3) is 0 Å². The number of carboxylic acid groups (broad SMARTS) is 2. The van der Waals surface area contributed by atoms with E-state index in [-0.39, 0.29) is 6.42 Å². The fourth-order valence-corrected chi connectivity index (χ4v) is 4.56. The van der Waals surface area contributed by atoms with Crippen molar-refractivity contribution in [3.8, 4) is 0 Å². The van der Waals surface area contributed by atoms with Crippen LogP contribution in [-0.2, 0) is 9.59 Å². The van der Waals surface area contributed by atoms with Crippen molar-refractivity contribution in [2.75, 3.05) is 36.0 Å². The average molecular weight is 469 g/mol. The van der Waals surface area contributed by atoms with Gasteiger partial charge in [-0.1, -0.05) is 24.3 Å². The van der Waals surface area contributed by atoms with Gasteiger partial charge in [0, 0.05) is 44.0 Å². The number of aliphatic carboxylic acids is 2. The summed E-state index contributed by atoms with van der Waals surface area (Å²) in [5, 5.41) is 19.6. The minimum absolute atomic E-state index is 0.0141. The number of anilines is 2. The number of hydrogen-bond donors (Lipinski definition) is 2. The molecular weight excluding hydrogens is 428 g/mol. The molecular formula is C28H40N2O4. The van der Waals surface area contributed by atoms with Gasteiger partial charge in [-0.3, -0.25) is 9.59 Å². The second-order valence-corrected chi connectivity index (χ2v) is 9.17. The van der Waals surface area contributed by atoms with E-state index in [1.807, 2.05) is 12.1 Å². The summed E-state index contributed by atoms with van der Waals surface area (Å²) >= 11 is 0. The molecule has 0 heterocycles. The maximum absolute atomic E-state index is 12.7. The minimum atomic E-state index is -0.982. The molecule has 0 amide bonds. The molecule has 0 bridgehead atoms. The van der Waals surface area contributed by atoms with Gasteiger partial charge in [-0.05, 0) is 88.8 Å². The lowest BCUT2D eigenvalue weighted by Gasteiger charge is -2.35. The SMILES string of the molecule is CCN(CCC(CCCC(=O)O)(CCN(CC)c1cccc(C)c1)C(=O)O)c1cccc(C)c1. The van der Waals surface area contributed by atoms with Gasteiger partial charge in [0.1, 0.15) is 0 Å². The smallest absolute Gasteiger partial charge is 0.309 e. The van der Waals surface area contributed by atoms with Gasteiger partial charge in [0.2, 0.25) is 0 Å². The van der Waals surface area contributed by atoms with Crippen LogP contribution in [0, 0.1) is 19.3 Å². The van der Waals surface area contributed by atoms with E-state index in [2.05, 4.69) is 73.9 Å². The van der Waals surface area contributed by atoms with Crippen molar-refractivity contribution in [2.24, 2.45) is 5.41 Å². The third-order valence-corrected chi connectivity index (χ3v) is 6.72. The van der Waals surface area contributed by atoms with Gasteiger partial charge in [0.05, 0.1) is 5.41 Å². The first-order valence-corrected chi connectivity index (χ1v) is 12.3. The highest BCUT2D eigenvalue weighted by Gasteiger charge is 2.38. The van der Waals surface area contributed by atoms with Crippen molar-refractivity contribution >= 4 is 23.3 Å². The van der Waals surface area contributed by atoms with Crippen molar-refractivity contribution in [1.29, 1.82) is 0 Å². The molecule has 2 rings (SSSR count). The Morgan fingerprint density at radius 1 is 0.794 bits per heavy atom. The van der Waals surface area contributed by atoms with Crippen molar-refractivity contribution in [2.45, 2.75) is 59.8 Å². The summed E-state index contributed by atoms with van der Waals surface area (Å²) < 4.78 is 0. The van der Waals surface area contributed by atoms with Crippen molar-refractivity contribution in [3.05, 3.63) is 59.7 Å². The average Bonchev–Trinajstić information content (AvgIpc) is 2.79. The Bertz CT molecular complexity index is 886. The summed E-state index contributed by atoms with van der Waals surface area (Å²) in [7, 11) is 0. The van der Waals surface area contributed by atoms with Crippen LogP contribution < -0.4 is 9.80 Å². The summed E-state index contributed by atoms with van der Waals surface area (Å²) in [6.45, 7) is 11.0. The fraction of sp³-hybridized carbons (Fsp3) is 0.500. The van der Waals surface area contributed by atoms with Gasteiger partial charge in [-0.2, -0.15) is 0 Å². The summed E-state index contributed by atoms with van der Waals surface area (Å²) in [6.07, 6.45) is 1.63. The molecule has 2 aromatic rings. The van der Waals surface area contributed by atoms with Crippen LogP contribution in [0.2, 0.25) is 0 Å². The second-order valence-electron chi connectivity index (χ2n) is 9.17. The highest BCUT2D eigenvalue weighted by atomic mass is 16.4. The van der Waals surface area contributed by atoms with Crippen LogP contribution >= 0.6 is 0 Å². The number of aryl methyl sites for hydroxylation is 2. The summed E-state index contributed by atoms with van der Waals surface area (Å²) in [5.74, 6) is -1.72. The van der Waals surface area contributed by atoms with Gasteiger partial charge in [0.15, 0.2) is 0 Å². The quantitative estimate of drug-likeness (QED) is 0.346. The predicted molar refractivity (Wildman–Crippen MR) is 139 cm³/mol. The second kappa shape index (κ2) is 13.0. The Morgan fingerprint density at radius 2 is 1.26 bits per heavy atom. The Kier molecular flexibility index (Phi) is 10.4. The van der Waals surface area contributed by atoms with Gasteiger partial charge in [-0.25, -0.2) is 0 Å². The van der Waals surface area contributed by atoms with Crippen LogP contribution in [0.15, 0.2) is 48.5 Å². The number of carbonyl (C=O) groups is 2. The van der Waals surface area contributed by atoms with Crippen molar-refractivity contribution < 1.29 is 19.8 Å². The zero-order valence-corrected chi connectivity index (χ0v) is 21.1. The third-order valence-electron chi connectivity index (χ3n) is 6.72. The molecule has 2 N–H and O–H groups in total. The van der Waals surface area contributed by atoms with E-state index >= 15 is 0 Å². The van der Waals surface area contributed by atoms with Crippen LogP contribution in [-0.4, -0.2) is 48.3 Å². The highest BCUT2D eigenvalue weighted by molar-refractivity contribution is 5.75. The Balaban J connectivity index is 2.24. The molecule has 186 valence electrons. The number of benzene rings is 2.